The number of guanidine groups is 1. The summed E-state index contributed by atoms with van der Waals surface area (Å²) in [6, 6.07) is 10.4. The lowest BCUT2D eigenvalue weighted by atomic mass is 9.78. The molecular weight excluding hydrogens is 455 g/mol. The first kappa shape index (κ1) is 23.7. The zero-order valence-electron chi connectivity index (χ0n) is 16.7. The Morgan fingerprint density at radius 3 is 2.37 bits per heavy atom. The maximum Gasteiger partial charge on any atom is 0.243 e. The molecule has 0 aromatic heterocycles. The zero-order valence-corrected chi connectivity index (χ0v) is 19.1. The van der Waals surface area contributed by atoms with Crippen LogP contribution < -0.4 is 10.6 Å². The second-order valence-electron chi connectivity index (χ2n) is 7.57. The Hall–Kier alpha value is -1.35. The molecule has 1 saturated carbocycles. The second kappa shape index (κ2) is 10.8. The Kier molecular flexibility index (Phi) is 9.52. The Morgan fingerprint density at radius 1 is 1.26 bits per heavy atom. The zero-order chi connectivity index (χ0) is 19.2. The minimum absolute atomic E-state index is 0. The monoisotopic (exact) mass is 488 g/mol. The number of amides is 1. The number of hydrogen-bond donors (Lipinski definition) is 3. The van der Waals surface area contributed by atoms with Crippen LogP contribution in [0.25, 0.3) is 0 Å². The summed E-state index contributed by atoms with van der Waals surface area (Å²) in [6.07, 6.45) is 3.12. The van der Waals surface area contributed by atoms with Gasteiger partial charge in [0.1, 0.15) is 6.54 Å². The van der Waals surface area contributed by atoms with Crippen LogP contribution in [0.15, 0.2) is 35.3 Å². The molecule has 0 unspecified atom stereocenters. The van der Waals surface area contributed by atoms with Gasteiger partial charge in [-0.15, -0.1) is 24.0 Å². The fourth-order valence-electron chi connectivity index (χ4n) is 3.16. The van der Waals surface area contributed by atoms with E-state index in [1.54, 1.807) is 14.1 Å². The van der Waals surface area contributed by atoms with Crippen LogP contribution in [0, 0.1) is 0 Å². The van der Waals surface area contributed by atoms with Crippen molar-refractivity contribution in [2.45, 2.75) is 57.2 Å². The standard InChI is InChI=1S/C20H32N4O2.HI/c1-15(2)22-19(21-14-18(25)24(3)4)23-17-10-12-20(26,13-11-17)16-8-6-5-7-9-16;/h5-9,15,17,26H,10-14H2,1-4H3,(H2,21,22,23);1H. The van der Waals surface area contributed by atoms with E-state index in [1.165, 1.54) is 4.90 Å². The lowest BCUT2D eigenvalue weighted by molar-refractivity contribution is -0.127. The van der Waals surface area contributed by atoms with Crippen LogP contribution in [0.5, 0.6) is 0 Å². The molecule has 0 saturated heterocycles. The molecule has 0 heterocycles. The molecule has 1 aromatic carbocycles. The Morgan fingerprint density at radius 2 is 1.85 bits per heavy atom. The first-order valence-electron chi connectivity index (χ1n) is 9.36. The number of hydrogen-bond acceptors (Lipinski definition) is 3. The third-order valence-corrected chi connectivity index (χ3v) is 4.76. The van der Waals surface area contributed by atoms with Gasteiger partial charge in [-0.05, 0) is 45.1 Å². The highest BCUT2D eigenvalue weighted by Gasteiger charge is 2.34. The molecule has 7 heteroatoms. The number of carbonyl (C=O) groups is 1. The number of rotatable bonds is 5. The van der Waals surface area contributed by atoms with Gasteiger partial charge < -0.3 is 20.6 Å². The average Bonchev–Trinajstić information content (AvgIpc) is 2.61. The summed E-state index contributed by atoms with van der Waals surface area (Å²) in [6.45, 7) is 4.20. The fourth-order valence-corrected chi connectivity index (χ4v) is 3.16. The molecule has 0 aliphatic heterocycles. The summed E-state index contributed by atoms with van der Waals surface area (Å²) in [7, 11) is 3.46. The van der Waals surface area contributed by atoms with E-state index >= 15 is 0 Å². The molecule has 152 valence electrons. The predicted octanol–water partition coefficient (Wildman–Crippen LogP) is 2.47. The van der Waals surface area contributed by atoms with Gasteiger partial charge in [-0.3, -0.25) is 4.79 Å². The van der Waals surface area contributed by atoms with Gasteiger partial charge in [-0.2, -0.15) is 0 Å². The van der Waals surface area contributed by atoms with Gasteiger partial charge in [0.15, 0.2) is 5.96 Å². The number of nitrogens with zero attached hydrogens (tertiary/aromatic N) is 2. The van der Waals surface area contributed by atoms with Gasteiger partial charge in [0, 0.05) is 26.2 Å². The molecule has 1 amide bonds. The van der Waals surface area contributed by atoms with Crippen molar-refractivity contribution in [1.29, 1.82) is 0 Å². The third kappa shape index (κ3) is 7.29. The lowest BCUT2D eigenvalue weighted by Crippen LogP contribution is -2.49. The largest absolute Gasteiger partial charge is 0.385 e. The molecule has 2 rings (SSSR count). The number of aliphatic imine (C=N–C) groups is 1. The van der Waals surface area contributed by atoms with Gasteiger partial charge in [-0.1, -0.05) is 30.3 Å². The number of nitrogens with one attached hydrogen (secondary N) is 2. The van der Waals surface area contributed by atoms with E-state index in [-0.39, 0.29) is 48.5 Å². The lowest BCUT2D eigenvalue weighted by Gasteiger charge is -2.37. The molecule has 1 aliphatic rings. The third-order valence-electron chi connectivity index (χ3n) is 4.76. The van der Waals surface area contributed by atoms with Crippen LogP contribution in [0.1, 0.15) is 45.1 Å². The predicted molar refractivity (Wildman–Crippen MR) is 120 cm³/mol. The highest BCUT2D eigenvalue weighted by atomic mass is 127. The van der Waals surface area contributed by atoms with Crippen molar-refractivity contribution in [3.63, 3.8) is 0 Å². The van der Waals surface area contributed by atoms with E-state index in [2.05, 4.69) is 15.6 Å². The van der Waals surface area contributed by atoms with Crippen molar-refractivity contribution in [1.82, 2.24) is 15.5 Å². The summed E-state index contributed by atoms with van der Waals surface area (Å²) in [4.78, 5) is 17.8. The van der Waals surface area contributed by atoms with Crippen molar-refractivity contribution in [2.24, 2.45) is 4.99 Å². The molecule has 6 nitrogen and oxygen atoms in total. The van der Waals surface area contributed by atoms with Crippen LogP contribution in [0.3, 0.4) is 0 Å². The number of benzene rings is 1. The topological polar surface area (TPSA) is 77.0 Å². The summed E-state index contributed by atoms with van der Waals surface area (Å²) < 4.78 is 0. The quantitative estimate of drug-likeness (QED) is 0.338. The van der Waals surface area contributed by atoms with E-state index < -0.39 is 5.60 Å². The molecule has 3 N–H and O–H groups in total. The van der Waals surface area contributed by atoms with Crippen molar-refractivity contribution < 1.29 is 9.90 Å². The normalized spacial score (nSPS) is 22.7. The Bertz CT molecular complexity index is 612. The molecule has 1 aromatic rings. The van der Waals surface area contributed by atoms with Crippen LogP contribution in [-0.4, -0.2) is 54.6 Å². The molecule has 1 aliphatic carbocycles. The van der Waals surface area contributed by atoms with Crippen molar-refractivity contribution in [2.75, 3.05) is 20.6 Å². The van der Waals surface area contributed by atoms with Crippen LogP contribution in [-0.2, 0) is 10.4 Å². The molecular formula is C20H33IN4O2. The van der Waals surface area contributed by atoms with Gasteiger partial charge in [0.25, 0.3) is 0 Å². The number of carbonyl (C=O) groups excluding carboxylic acids is 1. The molecule has 27 heavy (non-hydrogen) atoms. The summed E-state index contributed by atoms with van der Waals surface area (Å²) in [5.41, 5.74) is 0.243. The van der Waals surface area contributed by atoms with E-state index in [4.69, 9.17) is 0 Å². The van der Waals surface area contributed by atoms with E-state index in [9.17, 15) is 9.90 Å². The van der Waals surface area contributed by atoms with Gasteiger partial charge >= 0.3 is 0 Å². The summed E-state index contributed by atoms with van der Waals surface area (Å²) in [5.74, 6) is 0.627. The van der Waals surface area contributed by atoms with Gasteiger partial charge in [0.05, 0.1) is 5.60 Å². The van der Waals surface area contributed by atoms with Crippen LogP contribution in [0.4, 0.5) is 0 Å². The van der Waals surface area contributed by atoms with E-state index in [1.807, 2.05) is 44.2 Å². The minimum atomic E-state index is -0.747. The van der Waals surface area contributed by atoms with Crippen molar-refractivity contribution >= 4 is 35.8 Å². The maximum absolute atomic E-state index is 11.8. The van der Waals surface area contributed by atoms with Crippen LogP contribution >= 0.6 is 24.0 Å². The first-order chi connectivity index (χ1) is 12.3. The van der Waals surface area contributed by atoms with Crippen LogP contribution in [0.2, 0.25) is 0 Å². The molecule has 0 atom stereocenters. The van der Waals surface area contributed by atoms with Gasteiger partial charge in [-0.25, -0.2) is 4.99 Å². The second-order valence-corrected chi connectivity index (χ2v) is 7.57. The molecule has 1 fully saturated rings. The highest BCUT2D eigenvalue weighted by Crippen LogP contribution is 2.36. The minimum Gasteiger partial charge on any atom is -0.385 e. The Labute approximate surface area is 179 Å². The maximum atomic E-state index is 11.8. The molecule has 0 spiro atoms. The van der Waals surface area contributed by atoms with Crippen molar-refractivity contribution in [3.05, 3.63) is 35.9 Å². The summed E-state index contributed by atoms with van der Waals surface area (Å²) in [5, 5.41) is 17.7. The average molecular weight is 488 g/mol. The highest BCUT2D eigenvalue weighted by molar-refractivity contribution is 14.0. The number of aliphatic hydroxyl groups is 1. The summed E-state index contributed by atoms with van der Waals surface area (Å²) >= 11 is 0. The smallest absolute Gasteiger partial charge is 0.243 e. The first-order valence-corrected chi connectivity index (χ1v) is 9.36. The van der Waals surface area contributed by atoms with E-state index in [0.29, 0.717) is 18.8 Å². The van der Waals surface area contributed by atoms with Crippen molar-refractivity contribution in [3.8, 4) is 0 Å². The molecule has 0 bridgehead atoms. The van der Waals surface area contributed by atoms with E-state index in [0.717, 1.165) is 18.4 Å². The fraction of sp³-hybridized carbons (Fsp3) is 0.600. The SMILES string of the molecule is CC(C)NC(=NCC(=O)N(C)C)NC1CCC(O)(c2ccccc2)CC1.I. The van der Waals surface area contributed by atoms with Gasteiger partial charge in [0.2, 0.25) is 5.91 Å². The Balaban J connectivity index is 0.00000364. The number of halogens is 1. The molecule has 0 radical (unpaired) electrons. The number of likely N-dealkylation sites (N-methyl/N-ethyl adjacent to an activating group) is 1.